The number of nitrogens with one attached hydrogen (secondary N) is 1. The quantitative estimate of drug-likeness (QED) is 0.885. The normalized spacial score (nSPS) is 25.1. The van der Waals surface area contributed by atoms with Crippen LogP contribution in [0, 0.1) is 5.92 Å². The minimum atomic E-state index is 0.0255. The van der Waals surface area contributed by atoms with E-state index in [2.05, 4.69) is 35.4 Å². The standard InChI is InChI=1S/C13H24N4S/c1-13(2,3)11-16-12(18-17-11)15-8-9-6-4-5-7-10(9)14/h9-10H,4-8,14H2,1-3H3,(H,15,16,17). The average molecular weight is 268 g/mol. The van der Waals surface area contributed by atoms with Crippen LogP contribution in [-0.2, 0) is 5.41 Å². The molecule has 2 rings (SSSR count). The van der Waals surface area contributed by atoms with Crippen LogP contribution in [0.1, 0.15) is 52.3 Å². The van der Waals surface area contributed by atoms with Gasteiger partial charge < -0.3 is 11.1 Å². The molecule has 1 aliphatic carbocycles. The lowest BCUT2D eigenvalue weighted by Gasteiger charge is -2.28. The zero-order valence-corrected chi connectivity index (χ0v) is 12.4. The highest BCUT2D eigenvalue weighted by Gasteiger charge is 2.23. The van der Waals surface area contributed by atoms with Gasteiger partial charge in [0.25, 0.3) is 0 Å². The Morgan fingerprint density at radius 3 is 2.67 bits per heavy atom. The minimum absolute atomic E-state index is 0.0255. The zero-order chi connectivity index (χ0) is 13.2. The average Bonchev–Trinajstić information content (AvgIpc) is 2.76. The van der Waals surface area contributed by atoms with Crippen LogP contribution in [0.2, 0.25) is 0 Å². The van der Waals surface area contributed by atoms with Crippen molar-refractivity contribution in [1.29, 1.82) is 0 Å². The van der Waals surface area contributed by atoms with Gasteiger partial charge in [0.15, 0.2) is 0 Å². The Labute approximate surface area is 114 Å². The number of nitrogens with zero attached hydrogens (tertiary/aromatic N) is 2. The number of hydrogen-bond acceptors (Lipinski definition) is 5. The van der Waals surface area contributed by atoms with Crippen LogP contribution in [0.5, 0.6) is 0 Å². The lowest BCUT2D eigenvalue weighted by molar-refractivity contribution is 0.321. The molecule has 1 fully saturated rings. The fraction of sp³-hybridized carbons (Fsp3) is 0.846. The molecule has 18 heavy (non-hydrogen) atoms. The van der Waals surface area contributed by atoms with Gasteiger partial charge in [-0.1, -0.05) is 33.6 Å². The second-order valence-corrected chi connectivity index (χ2v) is 7.01. The number of aromatic nitrogens is 2. The van der Waals surface area contributed by atoms with E-state index < -0.39 is 0 Å². The van der Waals surface area contributed by atoms with E-state index in [9.17, 15) is 0 Å². The second kappa shape index (κ2) is 5.53. The third-order valence-electron chi connectivity index (χ3n) is 3.58. The monoisotopic (exact) mass is 268 g/mol. The highest BCUT2D eigenvalue weighted by Crippen LogP contribution is 2.25. The van der Waals surface area contributed by atoms with Gasteiger partial charge in [-0.25, -0.2) is 4.98 Å². The number of nitrogens with two attached hydrogens (primary N) is 1. The van der Waals surface area contributed by atoms with Gasteiger partial charge in [-0.2, -0.15) is 4.37 Å². The van der Waals surface area contributed by atoms with E-state index in [4.69, 9.17) is 5.73 Å². The lowest BCUT2D eigenvalue weighted by atomic mass is 9.85. The van der Waals surface area contributed by atoms with E-state index in [0.717, 1.165) is 23.9 Å². The Bertz CT molecular complexity index is 383. The molecule has 0 saturated heterocycles. The molecule has 1 aliphatic rings. The molecule has 1 heterocycles. The van der Waals surface area contributed by atoms with E-state index in [-0.39, 0.29) is 5.41 Å². The van der Waals surface area contributed by atoms with Crippen LogP contribution in [-0.4, -0.2) is 21.9 Å². The van der Waals surface area contributed by atoms with Crippen LogP contribution >= 0.6 is 11.5 Å². The second-order valence-electron chi connectivity index (χ2n) is 6.26. The molecule has 0 amide bonds. The van der Waals surface area contributed by atoms with Crippen LogP contribution in [0.3, 0.4) is 0 Å². The third kappa shape index (κ3) is 3.42. The maximum Gasteiger partial charge on any atom is 0.202 e. The van der Waals surface area contributed by atoms with Crippen molar-refractivity contribution in [2.24, 2.45) is 11.7 Å². The predicted molar refractivity (Wildman–Crippen MR) is 77.0 cm³/mol. The molecule has 3 N–H and O–H groups in total. The summed E-state index contributed by atoms with van der Waals surface area (Å²) in [6.07, 6.45) is 4.99. The highest BCUT2D eigenvalue weighted by molar-refractivity contribution is 7.09. The first kappa shape index (κ1) is 13.7. The summed E-state index contributed by atoms with van der Waals surface area (Å²) in [5, 5.41) is 4.33. The van der Waals surface area contributed by atoms with E-state index >= 15 is 0 Å². The van der Waals surface area contributed by atoms with Gasteiger partial charge >= 0.3 is 0 Å². The molecule has 1 aromatic heterocycles. The zero-order valence-electron chi connectivity index (χ0n) is 11.6. The molecule has 0 aromatic carbocycles. The first-order chi connectivity index (χ1) is 8.47. The van der Waals surface area contributed by atoms with Crippen molar-refractivity contribution in [2.45, 2.75) is 57.9 Å². The van der Waals surface area contributed by atoms with Gasteiger partial charge in [0.1, 0.15) is 5.82 Å². The fourth-order valence-corrected chi connectivity index (χ4v) is 3.07. The number of anilines is 1. The molecule has 0 spiro atoms. The first-order valence-corrected chi connectivity index (χ1v) is 7.58. The third-order valence-corrected chi connectivity index (χ3v) is 4.25. The molecular weight excluding hydrogens is 244 g/mol. The van der Waals surface area contributed by atoms with E-state index in [1.54, 1.807) is 0 Å². The van der Waals surface area contributed by atoms with E-state index in [0.29, 0.717) is 12.0 Å². The Hall–Kier alpha value is -0.680. The van der Waals surface area contributed by atoms with Gasteiger partial charge in [0.05, 0.1) is 0 Å². The maximum atomic E-state index is 6.14. The van der Waals surface area contributed by atoms with Crippen molar-refractivity contribution in [3.05, 3.63) is 5.82 Å². The molecule has 5 heteroatoms. The molecule has 0 bridgehead atoms. The Balaban J connectivity index is 1.88. The lowest BCUT2D eigenvalue weighted by Crippen LogP contribution is -2.37. The van der Waals surface area contributed by atoms with Gasteiger partial charge in [0.2, 0.25) is 5.13 Å². The minimum Gasteiger partial charge on any atom is -0.360 e. The van der Waals surface area contributed by atoms with Gasteiger partial charge in [0, 0.05) is 29.5 Å². The van der Waals surface area contributed by atoms with Crippen molar-refractivity contribution in [1.82, 2.24) is 9.36 Å². The van der Waals surface area contributed by atoms with Gasteiger partial charge in [-0.05, 0) is 18.8 Å². The summed E-state index contributed by atoms with van der Waals surface area (Å²) in [5.41, 5.74) is 6.17. The summed E-state index contributed by atoms with van der Waals surface area (Å²) < 4.78 is 4.41. The summed E-state index contributed by atoms with van der Waals surface area (Å²) in [4.78, 5) is 4.55. The molecule has 0 radical (unpaired) electrons. The van der Waals surface area contributed by atoms with Crippen molar-refractivity contribution in [3.63, 3.8) is 0 Å². The van der Waals surface area contributed by atoms with E-state index in [1.165, 1.54) is 30.8 Å². The van der Waals surface area contributed by atoms with Gasteiger partial charge in [-0.15, -0.1) is 0 Å². The van der Waals surface area contributed by atoms with Crippen molar-refractivity contribution >= 4 is 16.7 Å². The highest BCUT2D eigenvalue weighted by atomic mass is 32.1. The Morgan fingerprint density at radius 1 is 1.33 bits per heavy atom. The molecule has 0 aliphatic heterocycles. The predicted octanol–water partition coefficient (Wildman–Crippen LogP) is 2.77. The number of hydrogen-bond donors (Lipinski definition) is 2. The van der Waals surface area contributed by atoms with Crippen molar-refractivity contribution in [3.8, 4) is 0 Å². The summed E-state index contributed by atoms with van der Waals surface area (Å²) in [7, 11) is 0. The van der Waals surface area contributed by atoms with Crippen LogP contribution < -0.4 is 11.1 Å². The summed E-state index contributed by atoms with van der Waals surface area (Å²) in [6, 6.07) is 0.348. The molecule has 4 nitrogen and oxygen atoms in total. The fourth-order valence-electron chi connectivity index (χ4n) is 2.31. The molecule has 2 unspecified atom stereocenters. The number of rotatable bonds is 3. The van der Waals surface area contributed by atoms with Crippen LogP contribution in [0.25, 0.3) is 0 Å². The molecule has 2 atom stereocenters. The summed E-state index contributed by atoms with van der Waals surface area (Å²) in [6.45, 7) is 7.33. The van der Waals surface area contributed by atoms with Gasteiger partial charge in [-0.3, -0.25) is 0 Å². The SMILES string of the molecule is CC(C)(C)c1nsc(NCC2CCCCC2N)n1. The van der Waals surface area contributed by atoms with Crippen molar-refractivity contribution in [2.75, 3.05) is 11.9 Å². The van der Waals surface area contributed by atoms with Crippen molar-refractivity contribution < 1.29 is 0 Å². The molecular formula is C13H24N4S. The smallest absolute Gasteiger partial charge is 0.202 e. The largest absolute Gasteiger partial charge is 0.360 e. The summed E-state index contributed by atoms with van der Waals surface area (Å²) >= 11 is 1.45. The molecule has 1 aromatic rings. The topological polar surface area (TPSA) is 63.8 Å². The Kier molecular flexibility index (Phi) is 4.22. The van der Waals surface area contributed by atoms with Crippen LogP contribution in [0.15, 0.2) is 0 Å². The molecule has 102 valence electrons. The molecule has 1 saturated carbocycles. The van der Waals surface area contributed by atoms with E-state index in [1.807, 2.05) is 0 Å². The maximum absolute atomic E-state index is 6.14. The van der Waals surface area contributed by atoms with Crippen LogP contribution in [0.4, 0.5) is 5.13 Å². The summed E-state index contributed by atoms with van der Waals surface area (Å²) in [5.74, 6) is 1.50. The first-order valence-electron chi connectivity index (χ1n) is 6.80. The Morgan fingerprint density at radius 2 is 2.06 bits per heavy atom.